The molecule has 0 aliphatic carbocycles. The third kappa shape index (κ3) is 6.41. The summed E-state index contributed by atoms with van der Waals surface area (Å²) in [6.45, 7) is 1.000. The van der Waals surface area contributed by atoms with Gasteiger partial charge in [0, 0.05) is 13.0 Å². The summed E-state index contributed by atoms with van der Waals surface area (Å²) < 4.78 is 11.7. The SMILES string of the molecule is O=C(OCCc1ccc(C2C(OCc3ccc4ccccc4c3)CCCN2C(=O)[O-])cc1)c1ccccc1Cl. The maximum Gasteiger partial charge on any atom is 0.339 e. The first-order valence-electron chi connectivity index (χ1n) is 13.1. The highest BCUT2D eigenvalue weighted by Gasteiger charge is 2.33. The van der Waals surface area contributed by atoms with Crippen molar-refractivity contribution in [1.82, 2.24) is 4.90 Å². The van der Waals surface area contributed by atoms with Crippen molar-refractivity contribution in [3.05, 3.63) is 118 Å². The number of amides is 1. The first kappa shape index (κ1) is 26.7. The summed E-state index contributed by atoms with van der Waals surface area (Å²) in [4.78, 5) is 25.7. The highest BCUT2D eigenvalue weighted by atomic mass is 35.5. The molecule has 39 heavy (non-hydrogen) atoms. The Morgan fingerprint density at radius 3 is 2.38 bits per heavy atom. The van der Waals surface area contributed by atoms with Gasteiger partial charge < -0.3 is 24.3 Å². The number of fused-ring (bicyclic) bond motifs is 1. The van der Waals surface area contributed by atoms with E-state index in [0.717, 1.165) is 28.5 Å². The first-order valence-corrected chi connectivity index (χ1v) is 13.4. The van der Waals surface area contributed by atoms with Gasteiger partial charge >= 0.3 is 5.97 Å². The molecule has 5 rings (SSSR count). The number of likely N-dealkylation sites (tertiary alicyclic amines) is 1. The van der Waals surface area contributed by atoms with Gasteiger partial charge in [0.25, 0.3) is 0 Å². The Labute approximate surface area is 232 Å². The molecule has 1 saturated heterocycles. The lowest BCUT2D eigenvalue weighted by molar-refractivity contribution is -0.272. The predicted molar refractivity (Wildman–Crippen MR) is 148 cm³/mol. The quantitative estimate of drug-likeness (QED) is 0.257. The number of piperidine rings is 1. The topological polar surface area (TPSA) is 78.9 Å². The summed E-state index contributed by atoms with van der Waals surface area (Å²) >= 11 is 6.07. The monoisotopic (exact) mass is 542 g/mol. The van der Waals surface area contributed by atoms with Crippen molar-refractivity contribution >= 4 is 34.4 Å². The van der Waals surface area contributed by atoms with Crippen LogP contribution in [0, 0.1) is 0 Å². The molecule has 4 aromatic carbocycles. The second-order valence-electron chi connectivity index (χ2n) is 9.68. The first-order chi connectivity index (χ1) is 19.0. The highest BCUT2D eigenvalue weighted by Crippen LogP contribution is 2.34. The zero-order valence-corrected chi connectivity index (χ0v) is 22.2. The number of carbonyl (C=O) groups excluding carboxylic acids is 2. The molecule has 2 unspecified atom stereocenters. The molecule has 1 aliphatic heterocycles. The van der Waals surface area contributed by atoms with E-state index in [9.17, 15) is 14.7 Å². The number of rotatable bonds is 8. The van der Waals surface area contributed by atoms with Crippen molar-refractivity contribution in [2.75, 3.05) is 13.2 Å². The summed E-state index contributed by atoms with van der Waals surface area (Å²) in [5, 5.41) is 14.7. The van der Waals surface area contributed by atoms with E-state index in [-0.39, 0.29) is 12.7 Å². The van der Waals surface area contributed by atoms with Crippen LogP contribution in [-0.4, -0.2) is 36.2 Å². The molecule has 0 N–H and O–H groups in total. The summed E-state index contributed by atoms with van der Waals surface area (Å²) in [6.07, 6.45) is 0.483. The number of hydrogen-bond acceptors (Lipinski definition) is 5. The van der Waals surface area contributed by atoms with Gasteiger partial charge in [-0.1, -0.05) is 84.4 Å². The van der Waals surface area contributed by atoms with Crippen LogP contribution >= 0.6 is 11.6 Å². The van der Waals surface area contributed by atoms with Gasteiger partial charge in [-0.3, -0.25) is 0 Å². The zero-order valence-electron chi connectivity index (χ0n) is 21.4. The molecule has 1 aliphatic rings. The molecule has 0 bridgehead atoms. The average molecular weight is 543 g/mol. The van der Waals surface area contributed by atoms with E-state index in [1.807, 2.05) is 42.5 Å². The Kier molecular flexibility index (Phi) is 8.45. The Bertz CT molecular complexity index is 1450. The van der Waals surface area contributed by atoms with Crippen LogP contribution in [0.2, 0.25) is 5.02 Å². The van der Waals surface area contributed by atoms with Crippen LogP contribution in [0.25, 0.3) is 10.8 Å². The largest absolute Gasteiger partial charge is 0.530 e. The van der Waals surface area contributed by atoms with Gasteiger partial charge in [0.2, 0.25) is 0 Å². The molecule has 6 nitrogen and oxygen atoms in total. The van der Waals surface area contributed by atoms with Gasteiger partial charge in [0.15, 0.2) is 0 Å². The summed E-state index contributed by atoms with van der Waals surface area (Å²) in [5.74, 6) is -0.463. The van der Waals surface area contributed by atoms with E-state index in [1.54, 1.807) is 24.3 Å². The van der Waals surface area contributed by atoms with Gasteiger partial charge in [-0.25, -0.2) is 4.79 Å². The van der Waals surface area contributed by atoms with Crippen molar-refractivity contribution in [3.63, 3.8) is 0 Å². The minimum absolute atomic E-state index is 0.204. The van der Waals surface area contributed by atoms with E-state index in [2.05, 4.69) is 24.3 Å². The molecule has 200 valence electrons. The zero-order chi connectivity index (χ0) is 27.2. The van der Waals surface area contributed by atoms with Crippen LogP contribution in [-0.2, 0) is 22.5 Å². The average Bonchev–Trinajstić information content (AvgIpc) is 2.96. The highest BCUT2D eigenvalue weighted by molar-refractivity contribution is 6.33. The number of hydrogen-bond donors (Lipinski definition) is 0. The maximum atomic E-state index is 12.3. The molecule has 4 aromatic rings. The van der Waals surface area contributed by atoms with Crippen molar-refractivity contribution < 1.29 is 24.2 Å². The molecule has 1 heterocycles. The second kappa shape index (κ2) is 12.3. The van der Waals surface area contributed by atoms with Gasteiger partial charge in [0.05, 0.1) is 35.9 Å². The number of ether oxygens (including phenoxy) is 2. The molecule has 2 atom stereocenters. The summed E-state index contributed by atoms with van der Waals surface area (Å²) in [5.41, 5.74) is 3.19. The normalized spacial score (nSPS) is 17.2. The lowest BCUT2D eigenvalue weighted by Crippen LogP contribution is -2.50. The Balaban J connectivity index is 1.24. The molecule has 0 aromatic heterocycles. The molecule has 0 spiro atoms. The predicted octanol–water partition coefficient (Wildman–Crippen LogP) is 5.96. The minimum Gasteiger partial charge on any atom is -0.530 e. The number of esters is 1. The van der Waals surface area contributed by atoms with E-state index in [4.69, 9.17) is 21.1 Å². The Morgan fingerprint density at radius 2 is 1.62 bits per heavy atom. The number of benzene rings is 4. The van der Waals surface area contributed by atoms with Crippen LogP contribution < -0.4 is 5.11 Å². The fourth-order valence-electron chi connectivity index (χ4n) is 5.11. The van der Waals surface area contributed by atoms with Crippen LogP contribution in [0.3, 0.4) is 0 Å². The van der Waals surface area contributed by atoms with Gasteiger partial charge in [0.1, 0.15) is 6.09 Å². The number of halogens is 1. The van der Waals surface area contributed by atoms with Crippen molar-refractivity contribution in [1.29, 1.82) is 0 Å². The lowest BCUT2D eigenvalue weighted by Gasteiger charge is -2.43. The Hall–Kier alpha value is -3.87. The standard InChI is InChI=1S/C32H30ClNO5/c33-28-9-4-3-8-27(28)31(35)38-19-17-22-11-15-25(16-12-22)30-29(10-5-18-34(30)32(36)37)39-21-23-13-14-24-6-1-2-7-26(24)20-23/h1-4,6-9,11-16,20,29-30H,5,10,17-19,21H2,(H,36,37)/p-1. The third-order valence-corrected chi connectivity index (χ3v) is 7.46. The van der Waals surface area contributed by atoms with Crippen LogP contribution in [0.5, 0.6) is 0 Å². The number of nitrogens with zero attached hydrogens (tertiary/aromatic N) is 1. The van der Waals surface area contributed by atoms with Gasteiger partial charge in [-0.2, -0.15) is 0 Å². The third-order valence-electron chi connectivity index (χ3n) is 7.13. The Morgan fingerprint density at radius 1 is 0.897 bits per heavy atom. The molecule has 7 heteroatoms. The van der Waals surface area contributed by atoms with Crippen molar-refractivity contribution in [3.8, 4) is 0 Å². The van der Waals surface area contributed by atoms with E-state index in [1.165, 1.54) is 10.3 Å². The van der Waals surface area contributed by atoms with E-state index in [0.29, 0.717) is 36.6 Å². The minimum atomic E-state index is -1.20. The molecule has 0 saturated carbocycles. The van der Waals surface area contributed by atoms with Crippen LogP contribution in [0.15, 0.2) is 91.0 Å². The van der Waals surface area contributed by atoms with Crippen LogP contribution in [0.4, 0.5) is 4.79 Å². The fourth-order valence-corrected chi connectivity index (χ4v) is 5.33. The van der Waals surface area contributed by atoms with Crippen molar-refractivity contribution in [2.45, 2.75) is 38.0 Å². The van der Waals surface area contributed by atoms with E-state index >= 15 is 0 Å². The van der Waals surface area contributed by atoms with Gasteiger partial charge in [-0.05, 0) is 58.5 Å². The molecule has 1 fully saturated rings. The second-order valence-corrected chi connectivity index (χ2v) is 10.1. The van der Waals surface area contributed by atoms with Crippen molar-refractivity contribution in [2.24, 2.45) is 0 Å². The summed E-state index contributed by atoms with van der Waals surface area (Å²) in [6, 6.07) is 28.4. The maximum absolute atomic E-state index is 12.3. The van der Waals surface area contributed by atoms with Crippen LogP contribution in [0.1, 0.15) is 45.9 Å². The molecular weight excluding hydrogens is 514 g/mol. The number of carboxylic acid groups (broad SMARTS) is 1. The molecular formula is C32H29ClNO5-. The smallest absolute Gasteiger partial charge is 0.339 e. The molecule has 1 amide bonds. The van der Waals surface area contributed by atoms with E-state index < -0.39 is 18.1 Å². The number of carbonyl (C=O) groups is 2. The van der Waals surface area contributed by atoms with Gasteiger partial charge in [-0.15, -0.1) is 0 Å². The summed E-state index contributed by atoms with van der Waals surface area (Å²) in [7, 11) is 0. The fraction of sp³-hybridized carbons (Fsp3) is 0.250. The lowest BCUT2D eigenvalue weighted by atomic mass is 9.91. The molecule has 0 radical (unpaired) electrons.